The van der Waals surface area contributed by atoms with Gasteiger partial charge in [-0.15, -0.1) is 11.8 Å². The fourth-order valence-corrected chi connectivity index (χ4v) is 3.45. The highest BCUT2D eigenvalue weighted by atomic mass is 35.5. The molecule has 1 amide bonds. The van der Waals surface area contributed by atoms with Crippen LogP contribution in [0.3, 0.4) is 0 Å². The summed E-state index contributed by atoms with van der Waals surface area (Å²) in [4.78, 5) is 21.0. The van der Waals surface area contributed by atoms with Crippen molar-refractivity contribution in [1.82, 2.24) is 15.4 Å². The van der Waals surface area contributed by atoms with Crippen LogP contribution < -0.4 is 15.6 Å². The van der Waals surface area contributed by atoms with Gasteiger partial charge < -0.3 is 4.74 Å². The molecule has 6 nitrogen and oxygen atoms in total. The standard InChI is InChI=1S/C17H15ClN4O2S/c1-24-15-8-9-19-17(20-15)22-21-14(23)10-25-13-7-3-5-11-4-2-6-12(18)16(11)13/h2-9H,10H2,1H3,(H,21,23)(H,19,20,22). The number of aromatic nitrogens is 2. The summed E-state index contributed by atoms with van der Waals surface area (Å²) in [6, 6.07) is 13.2. The molecule has 0 unspecified atom stereocenters. The molecule has 1 heterocycles. The number of anilines is 1. The molecule has 0 saturated carbocycles. The Hall–Kier alpha value is -2.51. The molecule has 0 fully saturated rings. The van der Waals surface area contributed by atoms with Crippen LogP contribution in [0, 0.1) is 0 Å². The molecule has 2 aromatic carbocycles. The van der Waals surface area contributed by atoms with Crippen molar-refractivity contribution in [2.24, 2.45) is 0 Å². The van der Waals surface area contributed by atoms with Gasteiger partial charge in [0.25, 0.3) is 0 Å². The number of methoxy groups -OCH3 is 1. The molecule has 0 spiro atoms. The molecule has 3 rings (SSSR count). The SMILES string of the molecule is COc1ccnc(NNC(=O)CSc2cccc3cccc(Cl)c23)n1. The first-order valence-corrected chi connectivity index (χ1v) is 8.75. The predicted octanol–water partition coefficient (Wildman–Crippen LogP) is 3.53. The summed E-state index contributed by atoms with van der Waals surface area (Å²) in [7, 11) is 1.51. The molecule has 2 N–H and O–H groups in total. The van der Waals surface area contributed by atoms with E-state index in [2.05, 4.69) is 20.8 Å². The van der Waals surface area contributed by atoms with Gasteiger partial charge in [-0.25, -0.2) is 4.98 Å². The summed E-state index contributed by atoms with van der Waals surface area (Å²) in [6.07, 6.45) is 1.53. The van der Waals surface area contributed by atoms with E-state index in [-0.39, 0.29) is 17.6 Å². The molecule has 25 heavy (non-hydrogen) atoms. The minimum Gasteiger partial charge on any atom is -0.481 e. The Morgan fingerprint density at radius 3 is 2.84 bits per heavy atom. The summed E-state index contributed by atoms with van der Waals surface area (Å²) in [6.45, 7) is 0. The fraction of sp³-hybridized carbons (Fsp3) is 0.118. The number of hydrogen-bond acceptors (Lipinski definition) is 6. The average molecular weight is 375 g/mol. The topological polar surface area (TPSA) is 76.1 Å². The number of ether oxygens (including phenoxy) is 1. The van der Waals surface area contributed by atoms with Crippen molar-refractivity contribution in [2.45, 2.75) is 4.90 Å². The zero-order chi connectivity index (χ0) is 17.6. The Kier molecular flexibility index (Phi) is 5.57. The van der Waals surface area contributed by atoms with Gasteiger partial charge >= 0.3 is 0 Å². The quantitative estimate of drug-likeness (QED) is 0.507. The van der Waals surface area contributed by atoms with Crippen LogP contribution in [-0.4, -0.2) is 28.7 Å². The zero-order valence-electron chi connectivity index (χ0n) is 13.3. The first-order valence-electron chi connectivity index (χ1n) is 7.39. The number of halogens is 1. The number of fused-ring (bicyclic) bond motifs is 1. The Labute approximate surface area is 153 Å². The van der Waals surface area contributed by atoms with Crippen LogP contribution in [0.2, 0.25) is 5.02 Å². The summed E-state index contributed by atoms with van der Waals surface area (Å²) in [5.41, 5.74) is 5.22. The fourth-order valence-electron chi connectivity index (χ4n) is 2.20. The van der Waals surface area contributed by atoms with Crippen LogP contribution in [0.4, 0.5) is 5.95 Å². The van der Waals surface area contributed by atoms with Gasteiger partial charge in [-0.05, 0) is 17.5 Å². The molecule has 0 saturated heterocycles. The zero-order valence-corrected chi connectivity index (χ0v) is 14.9. The summed E-state index contributed by atoms with van der Waals surface area (Å²) in [5.74, 6) is 0.680. The molecule has 3 aromatic rings. The minimum absolute atomic E-state index is 0.208. The Balaban J connectivity index is 1.61. The number of carbonyl (C=O) groups excluding carboxylic acids is 1. The van der Waals surface area contributed by atoms with E-state index in [4.69, 9.17) is 16.3 Å². The number of hydrogen-bond donors (Lipinski definition) is 2. The van der Waals surface area contributed by atoms with Gasteiger partial charge in [0.2, 0.25) is 17.7 Å². The third kappa shape index (κ3) is 4.32. The van der Waals surface area contributed by atoms with E-state index in [1.54, 1.807) is 6.07 Å². The smallest absolute Gasteiger partial charge is 0.248 e. The second kappa shape index (κ2) is 8.04. The van der Waals surface area contributed by atoms with Crippen molar-refractivity contribution >= 4 is 46.0 Å². The van der Waals surface area contributed by atoms with Crippen LogP contribution in [0.1, 0.15) is 0 Å². The molecule has 128 valence electrons. The number of thioether (sulfide) groups is 1. The third-order valence-corrected chi connectivity index (χ3v) is 4.70. The van der Waals surface area contributed by atoms with Crippen molar-refractivity contribution < 1.29 is 9.53 Å². The molecule has 0 aliphatic carbocycles. The van der Waals surface area contributed by atoms with Gasteiger partial charge in [0.15, 0.2) is 0 Å². The van der Waals surface area contributed by atoms with Crippen molar-refractivity contribution in [1.29, 1.82) is 0 Å². The number of rotatable bonds is 6. The lowest BCUT2D eigenvalue weighted by atomic mass is 10.1. The highest BCUT2D eigenvalue weighted by Gasteiger charge is 2.09. The van der Waals surface area contributed by atoms with Gasteiger partial charge in [0, 0.05) is 27.6 Å². The molecule has 0 aliphatic rings. The molecular formula is C17H15ClN4O2S. The lowest BCUT2D eigenvalue weighted by Crippen LogP contribution is -2.31. The van der Waals surface area contributed by atoms with E-state index in [1.807, 2.05) is 36.4 Å². The average Bonchev–Trinajstić information content (AvgIpc) is 2.65. The van der Waals surface area contributed by atoms with E-state index in [9.17, 15) is 4.79 Å². The van der Waals surface area contributed by atoms with Crippen LogP contribution in [0.5, 0.6) is 5.88 Å². The van der Waals surface area contributed by atoms with Crippen LogP contribution >= 0.6 is 23.4 Å². The highest BCUT2D eigenvalue weighted by Crippen LogP contribution is 2.32. The maximum atomic E-state index is 12.1. The van der Waals surface area contributed by atoms with Gasteiger partial charge in [0.1, 0.15) is 0 Å². The lowest BCUT2D eigenvalue weighted by Gasteiger charge is -2.09. The van der Waals surface area contributed by atoms with E-state index in [0.29, 0.717) is 10.9 Å². The minimum atomic E-state index is -0.208. The maximum Gasteiger partial charge on any atom is 0.248 e. The lowest BCUT2D eigenvalue weighted by molar-refractivity contribution is -0.118. The highest BCUT2D eigenvalue weighted by molar-refractivity contribution is 8.00. The first-order chi connectivity index (χ1) is 12.2. The molecule has 1 aromatic heterocycles. The van der Waals surface area contributed by atoms with Crippen molar-refractivity contribution in [2.75, 3.05) is 18.3 Å². The molecule has 0 aliphatic heterocycles. The summed E-state index contributed by atoms with van der Waals surface area (Å²) in [5, 5.41) is 2.67. The largest absolute Gasteiger partial charge is 0.481 e. The number of nitrogens with zero attached hydrogens (tertiary/aromatic N) is 2. The molecule has 0 radical (unpaired) electrons. The Bertz CT molecular complexity index is 901. The van der Waals surface area contributed by atoms with Gasteiger partial charge in [0.05, 0.1) is 12.9 Å². The first kappa shape index (κ1) is 17.3. The van der Waals surface area contributed by atoms with Crippen molar-refractivity contribution in [3.63, 3.8) is 0 Å². The van der Waals surface area contributed by atoms with Crippen LogP contribution in [0.25, 0.3) is 10.8 Å². The van der Waals surface area contributed by atoms with E-state index in [0.717, 1.165) is 15.7 Å². The van der Waals surface area contributed by atoms with Gasteiger partial charge in [-0.2, -0.15) is 4.98 Å². The Morgan fingerprint density at radius 2 is 2.04 bits per heavy atom. The monoisotopic (exact) mass is 374 g/mol. The number of hydrazine groups is 1. The second-order valence-corrected chi connectivity index (χ2v) is 6.40. The van der Waals surface area contributed by atoms with Crippen molar-refractivity contribution in [3.05, 3.63) is 53.7 Å². The number of nitrogens with one attached hydrogen (secondary N) is 2. The van der Waals surface area contributed by atoms with Gasteiger partial charge in [-0.1, -0.05) is 35.9 Å². The number of benzene rings is 2. The molecule has 8 heteroatoms. The normalized spacial score (nSPS) is 10.5. The Morgan fingerprint density at radius 1 is 1.24 bits per heavy atom. The maximum absolute atomic E-state index is 12.1. The molecule has 0 atom stereocenters. The van der Waals surface area contributed by atoms with Gasteiger partial charge in [-0.3, -0.25) is 15.6 Å². The molecular weight excluding hydrogens is 360 g/mol. The van der Waals surface area contributed by atoms with E-state index in [1.165, 1.54) is 25.1 Å². The van der Waals surface area contributed by atoms with Crippen LogP contribution in [0.15, 0.2) is 53.6 Å². The van der Waals surface area contributed by atoms with Crippen LogP contribution in [-0.2, 0) is 4.79 Å². The summed E-state index contributed by atoms with van der Waals surface area (Å²) < 4.78 is 5.00. The number of carbonyl (C=O) groups is 1. The summed E-state index contributed by atoms with van der Waals surface area (Å²) >= 11 is 7.71. The predicted molar refractivity (Wildman–Crippen MR) is 100 cm³/mol. The van der Waals surface area contributed by atoms with Crippen molar-refractivity contribution in [3.8, 4) is 5.88 Å². The molecule has 0 bridgehead atoms. The van der Waals surface area contributed by atoms with E-state index < -0.39 is 0 Å². The number of amides is 1. The van der Waals surface area contributed by atoms with E-state index >= 15 is 0 Å². The second-order valence-electron chi connectivity index (χ2n) is 4.98. The third-order valence-electron chi connectivity index (χ3n) is 3.33.